The number of thiophene rings is 1. The summed E-state index contributed by atoms with van der Waals surface area (Å²) in [5.74, 6) is -0.142. The first-order valence-electron chi connectivity index (χ1n) is 5.31. The van der Waals surface area contributed by atoms with Crippen LogP contribution in [0.3, 0.4) is 0 Å². The third-order valence-corrected chi connectivity index (χ3v) is 3.64. The van der Waals surface area contributed by atoms with Gasteiger partial charge in [-0.1, -0.05) is 0 Å². The van der Waals surface area contributed by atoms with E-state index >= 15 is 0 Å². The van der Waals surface area contributed by atoms with Gasteiger partial charge in [0, 0.05) is 16.6 Å². The Morgan fingerprint density at radius 2 is 2.28 bits per heavy atom. The fourth-order valence-electron chi connectivity index (χ4n) is 1.69. The molecule has 1 amide bonds. The Morgan fingerprint density at radius 1 is 1.39 bits per heavy atom. The van der Waals surface area contributed by atoms with Gasteiger partial charge in [-0.05, 0) is 29.7 Å². The minimum Gasteiger partial charge on any atom is -0.399 e. The maximum atomic E-state index is 12.0. The third kappa shape index (κ3) is 1.93. The van der Waals surface area contributed by atoms with Gasteiger partial charge in [-0.2, -0.15) is 5.10 Å². The molecular formula is C12H10N4OS. The molecule has 3 rings (SSSR count). The predicted octanol–water partition coefficient (Wildman–Crippen LogP) is 2.46. The summed E-state index contributed by atoms with van der Waals surface area (Å²) in [5, 5.41) is 10.2. The zero-order valence-corrected chi connectivity index (χ0v) is 10.1. The van der Waals surface area contributed by atoms with Gasteiger partial charge < -0.3 is 11.1 Å². The van der Waals surface area contributed by atoms with Crippen LogP contribution in [0.1, 0.15) is 9.67 Å². The highest BCUT2D eigenvalue weighted by Gasteiger charge is 2.11. The Balaban J connectivity index is 1.92. The number of carbonyl (C=O) groups is 1. The molecule has 0 aliphatic carbocycles. The molecule has 0 fully saturated rings. The first kappa shape index (κ1) is 10.8. The van der Waals surface area contributed by atoms with Crippen LogP contribution in [0.15, 0.2) is 36.7 Å². The minimum atomic E-state index is -0.142. The van der Waals surface area contributed by atoms with Crippen molar-refractivity contribution in [3.05, 3.63) is 41.5 Å². The molecular weight excluding hydrogens is 248 g/mol. The largest absolute Gasteiger partial charge is 0.399 e. The summed E-state index contributed by atoms with van der Waals surface area (Å²) in [5.41, 5.74) is 7.06. The van der Waals surface area contributed by atoms with Crippen LogP contribution in [0, 0.1) is 0 Å². The second-order valence-corrected chi connectivity index (χ2v) is 4.93. The number of H-pyrrole nitrogens is 1. The molecule has 0 atom stereocenters. The van der Waals surface area contributed by atoms with Crippen LogP contribution < -0.4 is 11.1 Å². The zero-order chi connectivity index (χ0) is 12.5. The van der Waals surface area contributed by atoms with Crippen molar-refractivity contribution in [3.8, 4) is 0 Å². The fraction of sp³-hybridized carbons (Fsp3) is 0. The van der Waals surface area contributed by atoms with E-state index in [0.29, 0.717) is 16.3 Å². The number of amides is 1. The van der Waals surface area contributed by atoms with Gasteiger partial charge in [0.1, 0.15) is 0 Å². The second kappa shape index (κ2) is 4.15. The predicted molar refractivity (Wildman–Crippen MR) is 72.8 cm³/mol. The molecule has 0 aliphatic rings. The molecule has 90 valence electrons. The monoisotopic (exact) mass is 258 g/mol. The summed E-state index contributed by atoms with van der Waals surface area (Å²) in [7, 11) is 0. The van der Waals surface area contributed by atoms with E-state index in [0.717, 1.165) is 10.1 Å². The highest BCUT2D eigenvalue weighted by atomic mass is 32.1. The molecule has 0 bridgehead atoms. The lowest BCUT2D eigenvalue weighted by Gasteiger charge is -1.97. The van der Waals surface area contributed by atoms with Crippen molar-refractivity contribution in [3.63, 3.8) is 0 Å². The summed E-state index contributed by atoms with van der Waals surface area (Å²) in [6.45, 7) is 0. The first-order valence-corrected chi connectivity index (χ1v) is 6.13. The van der Waals surface area contributed by atoms with Gasteiger partial charge in [-0.25, -0.2) is 0 Å². The topological polar surface area (TPSA) is 83.8 Å². The number of fused-ring (bicyclic) bond motifs is 1. The smallest absolute Gasteiger partial charge is 0.265 e. The number of aromatic nitrogens is 2. The summed E-state index contributed by atoms with van der Waals surface area (Å²) in [6.07, 6.45) is 3.19. The van der Waals surface area contributed by atoms with E-state index in [-0.39, 0.29) is 5.91 Å². The van der Waals surface area contributed by atoms with Crippen molar-refractivity contribution in [2.24, 2.45) is 0 Å². The Labute approximate surface area is 107 Å². The van der Waals surface area contributed by atoms with Crippen molar-refractivity contribution >= 4 is 38.7 Å². The number of nitrogens with zero attached hydrogens (tertiary/aromatic N) is 1. The quantitative estimate of drug-likeness (QED) is 0.617. The number of aromatic amines is 1. The zero-order valence-electron chi connectivity index (χ0n) is 9.31. The van der Waals surface area contributed by atoms with Gasteiger partial charge >= 0.3 is 0 Å². The Morgan fingerprint density at radius 3 is 3.06 bits per heavy atom. The third-order valence-electron chi connectivity index (χ3n) is 2.52. The van der Waals surface area contributed by atoms with Crippen LogP contribution in [-0.4, -0.2) is 16.1 Å². The maximum absolute atomic E-state index is 12.0. The number of hydrogen-bond donors (Lipinski definition) is 3. The first-order chi connectivity index (χ1) is 8.72. The average molecular weight is 258 g/mol. The lowest BCUT2D eigenvalue weighted by molar-refractivity contribution is 0.103. The van der Waals surface area contributed by atoms with Crippen LogP contribution in [-0.2, 0) is 0 Å². The molecule has 1 aromatic carbocycles. The van der Waals surface area contributed by atoms with Crippen LogP contribution in [0.5, 0.6) is 0 Å². The lowest BCUT2D eigenvalue weighted by Crippen LogP contribution is -2.09. The highest BCUT2D eigenvalue weighted by molar-refractivity contribution is 7.20. The molecule has 0 saturated heterocycles. The van der Waals surface area contributed by atoms with Gasteiger partial charge in [-0.3, -0.25) is 9.89 Å². The molecule has 3 aromatic rings. The van der Waals surface area contributed by atoms with Gasteiger partial charge in [0.15, 0.2) is 0 Å². The van der Waals surface area contributed by atoms with Crippen molar-refractivity contribution in [2.45, 2.75) is 0 Å². The summed E-state index contributed by atoms with van der Waals surface area (Å²) in [6, 6.07) is 7.45. The van der Waals surface area contributed by atoms with E-state index < -0.39 is 0 Å². The molecule has 4 N–H and O–H groups in total. The Kier molecular flexibility index (Phi) is 2.49. The molecule has 0 saturated carbocycles. The fourth-order valence-corrected chi connectivity index (χ4v) is 2.62. The van der Waals surface area contributed by atoms with E-state index in [1.807, 2.05) is 24.3 Å². The van der Waals surface area contributed by atoms with Gasteiger partial charge in [0.2, 0.25) is 0 Å². The number of carbonyl (C=O) groups excluding carboxylic acids is 1. The number of anilines is 2. The molecule has 0 aliphatic heterocycles. The van der Waals surface area contributed by atoms with E-state index in [1.54, 1.807) is 12.4 Å². The van der Waals surface area contributed by atoms with E-state index in [4.69, 9.17) is 5.73 Å². The van der Waals surface area contributed by atoms with Gasteiger partial charge in [0.25, 0.3) is 5.91 Å². The molecule has 2 heterocycles. The second-order valence-electron chi connectivity index (χ2n) is 3.85. The number of nitrogens with two attached hydrogens (primary N) is 1. The van der Waals surface area contributed by atoms with Crippen molar-refractivity contribution in [2.75, 3.05) is 11.1 Å². The minimum absolute atomic E-state index is 0.142. The summed E-state index contributed by atoms with van der Waals surface area (Å²) >= 11 is 1.44. The molecule has 18 heavy (non-hydrogen) atoms. The number of nitrogen functional groups attached to an aromatic ring is 1. The molecule has 2 aromatic heterocycles. The van der Waals surface area contributed by atoms with Gasteiger partial charge in [-0.15, -0.1) is 11.3 Å². The van der Waals surface area contributed by atoms with E-state index in [2.05, 4.69) is 15.5 Å². The average Bonchev–Trinajstić information content (AvgIpc) is 2.96. The van der Waals surface area contributed by atoms with E-state index in [9.17, 15) is 4.79 Å². The van der Waals surface area contributed by atoms with Crippen LogP contribution in [0.2, 0.25) is 0 Å². The van der Waals surface area contributed by atoms with Crippen molar-refractivity contribution in [1.82, 2.24) is 10.2 Å². The maximum Gasteiger partial charge on any atom is 0.265 e. The lowest BCUT2D eigenvalue weighted by atomic mass is 10.2. The summed E-state index contributed by atoms with van der Waals surface area (Å²) in [4.78, 5) is 12.6. The standard InChI is InChI=1S/C12H10N4OS/c13-8-1-2-10-7(3-8)4-11(18-10)12(17)16-9-5-14-15-6-9/h1-6H,13H2,(H,14,15)(H,16,17). The Bertz CT molecular complexity index is 702. The van der Waals surface area contributed by atoms with Gasteiger partial charge in [0.05, 0.1) is 16.8 Å². The SMILES string of the molecule is Nc1ccc2sc(C(=O)Nc3cn[nH]c3)cc2c1. The van der Waals surface area contributed by atoms with Crippen molar-refractivity contribution < 1.29 is 4.79 Å². The number of nitrogens with one attached hydrogen (secondary N) is 2. The van der Waals surface area contributed by atoms with Crippen LogP contribution in [0.4, 0.5) is 11.4 Å². The molecule has 0 spiro atoms. The Hall–Kier alpha value is -2.34. The van der Waals surface area contributed by atoms with Crippen LogP contribution in [0.25, 0.3) is 10.1 Å². The van der Waals surface area contributed by atoms with Crippen molar-refractivity contribution in [1.29, 1.82) is 0 Å². The normalized spacial score (nSPS) is 10.7. The number of rotatable bonds is 2. The number of hydrogen-bond acceptors (Lipinski definition) is 4. The number of benzene rings is 1. The highest BCUT2D eigenvalue weighted by Crippen LogP contribution is 2.27. The molecule has 6 heteroatoms. The summed E-state index contributed by atoms with van der Waals surface area (Å²) < 4.78 is 1.04. The molecule has 0 unspecified atom stereocenters. The molecule has 5 nitrogen and oxygen atoms in total. The molecule has 0 radical (unpaired) electrons. The van der Waals surface area contributed by atoms with E-state index in [1.165, 1.54) is 11.3 Å². The van der Waals surface area contributed by atoms with Crippen LogP contribution >= 0.6 is 11.3 Å².